The highest BCUT2D eigenvalue weighted by Gasteiger charge is 2.07. The molecule has 0 spiro atoms. The molecule has 2 aromatic heterocycles. The Bertz CT molecular complexity index is 848. The van der Waals surface area contributed by atoms with Crippen LogP contribution in [0.15, 0.2) is 42.7 Å². The molecule has 0 aliphatic carbocycles. The Labute approximate surface area is 127 Å². The molecule has 0 saturated heterocycles. The SMILES string of the molecule is CNC(=O)c1cc(Oc2ccc3nc(C)ncc3c2)ccn1. The first-order valence-electron chi connectivity index (χ1n) is 6.75. The zero-order valence-electron chi connectivity index (χ0n) is 12.2. The van der Waals surface area contributed by atoms with E-state index in [1.165, 1.54) is 6.20 Å². The fourth-order valence-corrected chi connectivity index (χ4v) is 2.03. The molecule has 0 radical (unpaired) electrons. The van der Waals surface area contributed by atoms with Crippen LogP contribution < -0.4 is 10.1 Å². The van der Waals surface area contributed by atoms with Crippen LogP contribution in [-0.4, -0.2) is 27.9 Å². The lowest BCUT2D eigenvalue weighted by molar-refractivity contribution is 0.0958. The second-order valence-corrected chi connectivity index (χ2v) is 4.70. The van der Waals surface area contributed by atoms with Gasteiger partial charge in [0.2, 0.25) is 0 Å². The normalized spacial score (nSPS) is 10.5. The number of fused-ring (bicyclic) bond motifs is 1. The van der Waals surface area contributed by atoms with E-state index in [9.17, 15) is 4.79 Å². The van der Waals surface area contributed by atoms with E-state index < -0.39 is 0 Å². The van der Waals surface area contributed by atoms with Gasteiger partial charge in [-0.2, -0.15) is 0 Å². The van der Waals surface area contributed by atoms with Gasteiger partial charge in [0.15, 0.2) is 0 Å². The number of benzene rings is 1. The molecule has 2 heterocycles. The van der Waals surface area contributed by atoms with Crippen molar-refractivity contribution in [2.45, 2.75) is 6.92 Å². The Hall–Kier alpha value is -3.02. The van der Waals surface area contributed by atoms with Crippen LogP contribution in [0.25, 0.3) is 10.9 Å². The highest BCUT2D eigenvalue weighted by Crippen LogP contribution is 2.24. The maximum Gasteiger partial charge on any atom is 0.269 e. The van der Waals surface area contributed by atoms with Crippen molar-refractivity contribution in [3.8, 4) is 11.5 Å². The summed E-state index contributed by atoms with van der Waals surface area (Å²) in [4.78, 5) is 24.1. The predicted molar refractivity (Wildman–Crippen MR) is 82.0 cm³/mol. The standard InChI is InChI=1S/C16H14N4O2/c1-10-19-9-11-7-12(3-4-14(11)20-10)22-13-5-6-18-15(8-13)16(21)17-2/h3-9H,1-2H3,(H,17,21). The number of pyridine rings is 1. The minimum absolute atomic E-state index is 0.257. The van der Waals surface area contributed by atoms with Crippen LogP contribution in [0.5, 0.6) is 11.5 Å². The fraction of sp³-hybridized carbons (Fsp3) is 0.125. The average Bonchev–Trinajstić information content (AvgIpc) is 2.54. The van der Waals surface area contributed by atoms with Gasteiger partial charge in [-0.05, 0) is 31.2 Å². The van der Waals surface area contributed by atoms with Crippen LogP contribution in [0.3, 0.4) is 0 Å². The zero-order valence-corrected chi connectivity index (χ0v) is 12.2. The van der Waals surface area contributed by atoms with E-state index in [-0.39, 0.29) is 5.91 Å². The average molecular weight is 294 g/mol. The molecule has 6 nitrogen and oxygen atoms in total. The van der Waals surface area contributed by atoms with Gasteiger partial charge in [0.05, 0.1) is 5.52 Å². The molecule has 3 aromatic rings. The van der Waals surface area contributed by atoms with Crippen LogP contribution in [0.1, 0.15) is 16.3 Å². The summed E-state index contributed by atoms with van der Waals surface area (Å²) in [6.07, 6.45) is 3.29. The first-order chi connectivity index (χ1) is 10.7. The number of nitrogens with zero attached hydrogens (tertiary/aromatic N) is 3. The van der Waals surface area contributed by atoms with E-state index >= 15 is 0 Å². The molecule has 1 N–H and O–H groups in total. The molecule has 1 amide bonds. The summed E-state index contributed by atoms with van der Waals surface area (Å²) in [5.41, 5.74) is 1.17. The van der Waals surface area contributed by atoms with Crippen LogP contribution in [0.4, 0.5) is 0 Å². The van der Waals surface area contributed by atoms with Gasteiger partial charge in [-0.25, -0.2) is 9.97 Å². The number of ether oxygens (including phenoxy) is 1. The van der Waals surface area contributed by atoms with Gasteiger partial charge in [0, 0.05) is 30.9 Å². The fourth-order valence-electron chi connectivity index (χ4n) is 2.03. The van der Waals surface area contributed by atoms with E-state index in [1.54, 1.807) is 25.4 Å². The number of hydrogen-bond acceptors (Lipinski definition) is 5. The van der Waals surface area contributed by atoms with Crippen molar-refractivity contribution in [2.75, 3.05) is 7.05 Å². The number of rotatable bonds is 3. The van der Waals surface area contributed by atoms with Gasteiger partial charge in [0.1, 0.15) is 23.0 Å². The Kier molecular flexibility index (Phi) is 3.65. The first kappa shape index (κ1) is 13.9. The summed E-state index contributed by atoms with van der Waals surface area (Å²) >= 11 is 0. The minimum atomic E-state index is -0.257. The van der Waals surface area contributed by atoms with Crippen LogP contribution >= 0.6 is 0 Å². The molecule has 0 saturated carbocycles. The molecule has 0 bridgehead atoms. The van der Waals surface area contributed by atoms with E-state index in [0.29, 0.717) is 17.2 Å². The summed E-state index contributed by atoms with van der Waals surface area (Å²) in [5, 5.41) is 3.42. The third-order valence-electron chi connectivity index (χ3n) is 3.10. The highest BCUT2D eigenvalue weighted by molar-refractivity contribution is 5.92. The molecular weight excluding hydrogens is 280 g/mol. The Balaban J connectivity index is 1.89. The maximum absolute atomic E-state index is 11.6. The third-order valence-corrected chi connectivity index (χ3v) is 3.10. The number of hydrogen-bond donors (Lipinski definition) is 1. The lowest BCUT2D eigenvalue weighted by Gasteiger charge is -2.07. The molecular formula is C16H14N4O2. The van der Waals surface area contributed by atoms with Crippen LogP contribution in [0.2, 0.25) is 0 Å². The summed E-state index contributed by atoms with van der Waals surface area (Å²) in [6.45, 7) is 1.85. The highest BCUT2D eigenvalue weighted by atomic mass is 16.5. The van der Waals surface area contributed by atoms with Gasteiger partial charge in [0.25, 0.3) is 5.91 Å². The molecule has 6 heteroatoms. The van der Waals surface area contributed by atoms with E-state index in [2.05, 4.69) is 20.3 Å². The number of aromatic nitrogens is 3. The van der Waals surface area contributed by atoms with E-state index in [4.69, 9.17) is 4.74 Å². The molecule has 1 aromatic carbocycles. The summed E-state index contributed by atoms with van der Waals surface area (Å²) in [5.74, 6) is 1.66. The number of carbonyl (C=O) groups excluding carboxylic acids is 1. The van der Waals surface area contributed by atoms with Crippen molar-refractivity contribution < 1.29 is 9.53 Å². The van der Waals surface area contributed by atoms with Crippen LogP contribution in [-0.2, 0) is 0 Å². The topological polar surface area (TPSA) is 77.0 Å². The number of carbonyl (C=O) groups is 1. The molecule has 0 aliphatic heterocycles. The third kappa shape index (κ3) is 2.85. The van der Waals surface area contributed by atoms with Crippen molar-refractivity contribution >= 4 is 16.8 Å². The largest absolute Gasteiger partial charge is 0.457 e. The summed E-state index contributed by atoms with van der Waals surface area (Å²) in [6, 6.07) is 8.85. The number of amides is 1. The first-order valence-corrected chi connectivity index (χ1v) is 6.75. The molecule has 110 valence electrons. The summed E-state index contributed by atoms with van der Waals surface area (Å²) in [7, 11) is 1.56. The van der Waals surface area contributed by atoms with Crippen molar-refractivity contribution in [2.24, 2.45) is 0 Å². The minimum Gasteiger partial charge on any atom is -0.457 e. The van der Waals surface area contributed by atoms with E-state index in [0.717, 1.165) is 16.7 Å². The lowest BCUT2D eigenvalue weighted by Crippen LogP contribution is -2.18. The lowest BCUT2D eigenvalue weighted by atomic mass is 10.2. The quantitative estimate of drug-likeness (QED) is 0.803. The number of aryl methyl sites for hydroxylation is 1. The van der Waals surface area contributed by atoms with Crippen LogP contribution in [0, 0.1) is 6.92 Å². The van der Waals surface area contributed by atoms with Gasteiger partial charge >= 0.3 is 0 Å². The summed E-state index contributed by atoms with van der Waals surface area (Å²) < 4.78 is 5.78. The smallest absolute Gasteiger partial charge is 0.269 e. The maximum atomic E-state index is 11.6. The van der Waals surface area contributed by atoms with Crippen molar-refractivity contribution in [3.63, 3.8) is 0 Å². The molecule has 0 fully saturated rings. The zero-order chi connectivity index (χ0) is 15.5. The predicted octanol–water partition coefficient (Wildman–Crippen LogP) is 2.49. The van der Waals surface area contributed by atoms with Gasteiger partial charge in [-0.3, -0.25) is 9.78 Å². The monoisotopic (exact) mass is 294 g/mol. The van der Waals surface area contributed by atoms with Crippen molar-refractivity contribution in [1.82, 2.24) is 20.3 Å². The Morgan fingerprint density at radius 3 is 2.77 bits per heavy atom. The van der Waals surface area contributed by atoms with Gasteiger partial charge in [-0.1, -0.05) is 0 Å². The second kappa shape index (κ2) is 5.77. The molecule has 3 rings (SSSR count). The van der Waals surface area contributed by atoms with E-state index in [1.807, 2.05) is 25.1 Å². The molecule has 0 aliphatic rings. The van der Waals surface area contributed by atoms with Gasteiger partial charge < -0.3 is 10.1 Å². The Morgan fingerprint density at radius 2 is 1.95 bits per heavy atom. The number of nitrogens with one attached hydrogen (secondary N) is 1. The molecule has 0 unspecified atom stereocenters. The Morgan fingerprint density at radius 1 is 1.14 bits per heavy atom. The molecule has 22 heavy (non-hydrogen) atoms. The van der Waals surface area contributed by atoms with Crippen molar-refractivity contribution in [1.29, 1.82) is 0 Å². The second-order valence-electron chi connectivity index (χ2n) is 4.70. The van der Waals surface area contributed by atoms with Gasteiger partial charge in [-0.15, -0.1) is 0 Å². The van der Waals surface area contributed by atoms with Crippen molar-refractivity contribution in [3.05, 3.63) is 54.2 Å². The molecule has 0 atom stereocenters.